The zero-order chi connectivity index (χ0) is 16.8. The number of rotatable bonds is 4. The lowest BCUT2D eigenvalue weighted by molar-refractivity contribution is -0.145. The van der Waals surface area contributed by atoms with E-state index < -0.39 is 5.97 Å². The Balaban J connectivity index is 1.88. The summed E-state index contributed by atoms with van der Waals surface area (Å²) in [6, 6.07) is 5.11. The van der Waals surface area contributed by atoms with Gasteiger partial charge in [0, 0.05) is 48.1 Å². The molecule has 0 bridgehead atoms. The number of nitrogens with zero attached hydrogens (tertiary/aromatic N) is 1. The molecule has 4 nitrogen and oxygen atoms in total. The maximum absolute atomic E-state index is 12.2. The molecule has 23 heavy (non-hydrogen) atoms. The van der Waals surface area contributed by atoms with Crippen LogP contribution < -0.4 is 0 Å². The molecular weight excluding hydrogens is 337 g/mol. The van der Waals surface area contributed by atoms with E-state index >= 15 is 0 Å². The molecule has 0 N–H and O–H groups in total. The lowest BCUT2D eigenvalue weighted by atomic mass is 10.1. The summed E-state index contributed by atoms with van der Waals surface area (Å²) < 4.78 is 5.18. The van der Waals surface area contributed by atoms with Crippen LogP contribution in [-0.2, 0) is 14.3 Å². The van der Waals surface area contributed by atoms with E-state index in [1.54, 1.807) is 29.2 Å². The van der Waals surface area contributed by atoms with E-state index in [-0.39, 0.29) is 12.0 Å². The van der Waals surface area contributed by atoms with Crippen molar-refractivity contribution in [1.29, 1.82) is 0 Å². The highest BCUT2D eigenvalue weighted by atomic mass is 35.5. The van der Waals surface area contributed by atoms with E-state index in [2.05, 4.69) is 6.58 Å². The molecule has 0 aliphatic carbocycles. The summed E-state index contributed by atoms with van der Waals surface area (Å²) in [4.78, 5) is 25.1. The SMILES string of the molecule is C=CC(=O)OC1CCN(C(=O)/C=C/c2cc(Cl)cc(Cl)c2)CC1. The van der Waals surface area contributed by atoms with Gasteiger partial charge in [0.05, 0.1) is 0 Å². The van der Waals surface area contributed by atoms with Crippen LogP contribution >= 0.6 is 23.2 Å². The predicted octanol–water partition coefficient (Wildman–Crippen LogP) is 3.73. The van der Waals surface area contributed by atoms with Gasteiger partial charge in [0.15, 0.2) is 0 Å². The molecule has 1 saturated heterocycles. The van der Waals surface area contributed by atoms with Crippen molar-refractivity contribution in [3.8, 4) is 0 Å². The molecule has 0 unspecified atom stereocenters. The third kappa shape index (κ3) is 5.41. The highest BCUT2D eigenvalue weighted by molar-refractivity contribution is 6.34. The van der Waals surface area contributed by atoms with Crippen LogP contribution in [0.3, 0.4) is 0 Å². The highest BCUT2D eigenvalue weighted by Gasteiger charge is 2.23. The van der Waals surface area contributed by atoms with Crippen molar-refractivity contribution in [3.63, 3.8) is 0 Å². The molecule has 1 amide bonds. The van der Waals surface area contributed by atoms with Crippen molar-refractivity contribution in [2.45, 2.75) is 18.9 Å². The first-order chi connectivity index (χ1) is 11.0. The van der Waals surface area contributed by atoms with Crippen molar-refractivity contribution in [1.82, 2.24) is 4.90 Å². The van der Waals surface area contributed by atoms with Crippen LogP contribution in [-0.4, -0.2) is 36.0 Å². The second-order valence-electron chi connectivity index (χ2n) is 5.20. The van der Waals surface area contributed by atoms with E-state index in [9.17, 15) is 9.59 Å². The van der Waals surface area contributed by atoms with Gasteiger partial charge in [-0.15, -0.1) is 0 Å². The largest absolute Gasteiger partial charge is 0.459 e. The van der Waals surface area contributed by atoms with E-state index in [1.165, 1.54) is 6.08 Å². The molecule has 1 aromatic carbocycles. The molecule has 0 saturated carbocycles. The van der Waals surface area contributed by atoms with Crippen molar-refractivity contribution in [2.75, 3.05) is 13.1 Å². The molecule has 1 aliphatic heterocycles. The fraction of sp³-hybridized carbons (Fsp3) is 0.294. The van der Waals surface area contributed by atoms with Gasteiger partial charge in [-0.3, -0.25) is 4.79 Å². The number of esters is 1. The molecule has 0 radical (unpaired) electrons. The summed E-state index contributed by atoms with van der Waals surface area (Å²) in [6.45, 7) is 4.47. The lowest BCUT2D eigenvalue weighted by Gasteiger charge is -2.30. The maximum atomic E-state index is 12.2. The molecule has 1 heterocycles. The molecule has 0 atom stereocenters. The summed E-state index contributed by atoms with van der Waals surface area (Å²) in [5.74, 6) is -0.512. The summed E-state index contributed by atoms with van der Waals surface area (Å²) in [6.07, 6.45) is 5.43. The van der Waals surface area contributed by atoms with Gasteiger partial charge in [-0.05, 0) is 29.8 Å². The summed E-state index contributed by atoms with van der Waals surface area (Å²) in [7, 11) is 0. The minimum Gasteiger partial charge on any atom is -0.459 e. The van der Waals surface area contributed by atoms with Crippen LogP contribution in [0.2, 0.25) is 10.0 Å². The van der Waals surface area contributed by atoms with Crippen LogP contribution in [0.5, 0.6) is 0 Å². The molecule has 122 valence electrons. The Morgan fingerprint density at radius 2 is 1.78 bits per heavy atom. The quantitative estimate of drug-likeness (QED) is 0.612. The van der Waals surface area contributed by atoms with Crippen molar-refractivity contribution < 1.29 is 14.3 Å². The van der Waals surface area contributed by atoms with Crippen molar-refractivity contribution in [3.05, 3.63) is 52.5 Å². The van der Waals surface area contributed by atoms with Gasteiger partial charge in [0.25, 0.3) is 0 Å². The molecule has 6 heteroatoms. The number of benzene rings is 1. The van der Waals surface area contributed by atoms with Gasteiger partial charge in [-0.2, -0.15) is 0 Å². The molecule has 2 rings (SSSR count). The van der Waals surface area contributed by atoms with Gasteiger partial charge in [0.2, 0.25) is 5.91 Å². The minimum absolute atomic E-state index is 0.0883. The van der Waals surface area contributed by atoms with E-state index in [1.807, 2.05) is 0 Å². The standard InChI is InChI=1S/C17H17Cl2NO3/c1-2-17(22)23-15-5-7-20(8-6-15)16(21)4-3-12-9-13(18)11-14(19)10-12/h2-4,9-11,15H,1,5-8H2/b4-3+. The molecule has 0 spiro atoms. The number of hydrogen-bond acceptors (Lipinski definition) is 3. The highest BCUT2D eigenvalue weighted by Crippen LogP contribution is 2.20. The number of hydrogen-bond donors (Lipinski definition) is 0. The molecule has 1 fully saturated rings. The van der Waals surface area contributed by atoms with Gasteiger partial charge in [-0.1, -0.05) is 29.8 Å². The predicted molar refractivity (Wildman–Crippen MR) is 91.4 cm³/mol. The van der Waals surface area contributed by atoms with Crippen LogP contribution in [0.4, 0.5) is 0 Å². The van der Waals surface area contributed by atoms with E-state index in [0.29, 0.717) is 36.0 Å². The molecule has 1 aromatic rings. The Morgan fingerprint density at radius 1 is 1.17 bits per heavy atom. The second kappa shape index (κ2) is 8.18. The van der Waals surface area contributed by atoms with Gasteiger partial charge >= 0.3 is 5.97 Å². The normalized spacial score (nSPS) is 15.7. The Labute approximate surface area is 145 Å². The first-order valence-corrected chi connectivity index (χ1v) is 7.99. The Hall–Kier alpha value is -1.78. The number of amides is 1. The van der Waals surface area contributed by atoms with Crippen LogP contribution in [0.1, 0.15) is 18.4 Å². The lowest BCUT2D eigenvalue weighted by Crippen LogP contribution is -2.40. The average molecular weight is 354 g/mol. The molecular formula is C17H17Cl2NO3. The monoisotopic (exact) mass is 353 g/mol. The average Bonchev–Trinajstić information content (AvgIpc) is 2.52. The Morgan fingerprint density at radius 3 is 2.35 bits per heavy atom. The molecule has 1 aliphatic rings. The van der Waals surface area contributed by atoms with Crippen LogP contribution in [0.25, 0.3) is 6.08 Å². The number of likely N-dealkylation sites (tertiary alicyclic amines) is 1. The summed E-state index contributed by atoms with van der Waals surface area (Å²) in [5, 5.41) is 1.05. The number of carbonyl (C=O) groups excluding carboxylic acids is 2. The minimum atomic E-state index is -0.424. The van der Waals surface area contributed by atoms with E-state index in [0.717, 1.165) is 11.6 Å². The third-order valence-corrected chi connectivity index (χ3v) is 3.94. The summed E-state index contributed by atoms with van der Waals surface area (Å²) in [5.41, 5.74) is 0.769. The first kappa shape index (κ1) is 17.6. The first-order valence-electron chi connectivity index (χ1n) is 7.24. The Kier molecular flexibility index (Phi) is 6.25. The van der Waals surface area contributed by atoms with Gasteiger partial charge in [-0.25, -0.2) is 4.79 Å². The third-order valence-electron chi connectivity index (χ3n) is 3.51. The number of piperidine rings is 1. The van der Waals surface area contributed by atoms with Crippen LogP contribution in [0, 0.1) is 0 Å². The fourth-order valence-corrected chi connectivity index (χ4v) is 2.89. The number of carbonyl (C=O) groups is 2. The smallest absolute Gasteiger partial charge is 0.330 e. The van der Waals surface area contributed by atoms with Crippen molar-refractivity contribution in [2.24, 2.45) is 0 Å². The van der Waals surface area contributed by atoms with Gasteiger partial charge in [0.1, 0.15) is 6.10 Å². The fourth-order valence-electron chi connectivity index (χ4n) is 2.35. The summed E-state index contributed by atoms with van der Waals surface area (Å²) >= 11 is 11.8. The van der Waals surface area contributed by atoms with Gasteiger partial charge < -0.3 is 9.64 Å². The zero-order valence-electron chi connectivity index (χ0n) is 12.5. The number of ether oxygens (including phenoxy) is 1. The maximum Gasteiger partial charge on any atom is 0.330 e. The zero-order valence-corrected chi connectivity index (χ0v) is 14.0. The van der Waals surface area contributed by atoms with E-state index in [4.69, 9.17) is 27.9 Å². The second-order valence-corrected chi connectivity index (χ2v) is 6.07. The van der Waals surface area contributed by atoms with Crippen LogP contribution in [0.15, 0.2) is 36.9 Å². The number of halogens is 2. The Bertz CT molecular complexity index is 614. The molecule has 0 aromatic heterocycles. The topological polar surface area (TPSA) is 46.6 Å². The van der Waals surface area contributed by atoms with Crippen molar-refractivity contribution >= 4 is 41.2 Å².